The van der Waals surface area contributed by atoms with E-state index in [2.05, 4.69) is 5.32 Å². The second kappa shape index (κ2) is 5.91. The number of Topliss-reactive ketones (excluding diaryl/α,β-unsaturated/α-hetero) is 1. The van der Waals surface area contributed by atoms with Gasteiger partial charge in [0.25, 0.3) is 10.0 Å². The van der Waals surface area contributed by atoms with E-state index < -0.39 is 15.8 Å². The van der Waals surface area contributed by atoms with E-state index in [0.717, 1.165) is 10.4 Å². The van der Waals surface area contributed by atoms with Crippen molar-refractivity contribution >= 4 is 49.4 Å². The Morgan fingerprint density at radius 2 is 1.83 bits per heavy atom. The highest BCUT2D eigenvalue weighted by atomic mass is 35.5. The molecule has 1 aromatic heterocycles. The van der Waals surface area contributed by atoms with Crippen LogP contribution in [0.15, 0.2) is 35.4 Å². The first-order valence-electron chi connectivity index (χ1n) is 7.09. The Bertz CT molecular complexity index is 960. The highest BCUT2D eigenvalue weighted by Crippen LogP contribution is 2.42. The monoisotopic (exact) mass is 382 g/mol. The van der Waals surface area contributed by atoms with E-state index in [0.29, 0.717) is 21.3 Å². The third kappa shape index (κ3) is 2.62. The zero-order valence-electron chi connectivity index (χ0n) is 13.3. The Balaban J connectivity index is 2.07. The van der Waals surface area contributed by atoms with Crippen LogP contribution in [-0.4, -0.2) is 21.2 Å². The number of hydrogen-bond donors (Lipinski definition) is 1. The molecule has 5 nitrogen and oxygen atoms in total. The Kier molecular flexibility index (Phi) is 4.19. The van der Waals surface area contributed by atoms with Gasteiger partial charge in [-0.2, -0.15) is 0 Å². The molecule has 0 unspecified atom stereocenters. The number of sulfonamides is 1. The van der Waals surface area contributed by atoms with Gasteiger partial charge < -0.3 is 5.32 Å². The van der Waals surface area contributed by atoms with Crippen LogP contribution in [-0.2, 0) is 10.0 Å². The number of carbonyl (C=O) groups excluding carboxylic acids is 1. The van der Waals surface area contributed by atoms with Gasteiger partial charge in [0, 0.05) is 28.8 Å². The first-order chi connectivity index (χ1) is 11.2. The van der Waals surface area contributed by atoms with Gasteiger partial charge in [-0.1, -0.05) is 11.6 Å². The van der Waals surface area contributed by atoms with Crippen molar-refractivity contribution in [3.8, 4) is 0 Å². The van der Waals surface area contributed by atoms with Crippen LogP contribution in [0, 0.1) is 13.8 Å². The van der Waals surface area contributed by atoms with Crippen LogP contribution in [0.4, 0.5) is 10.7 Å². The van der Waals surface area contributed by atoms with Gasteiger partial charge in [-0.15, -0.1) is 11.3 Å². The molecule has 24 heavy (non-hydrogen) atoms. The van der Waals surface area contributed by atoms with E-state index in [4.69, 9.17) is 11.6 Å². The molecule has 1 N–H and O–H groups in total. The van der Waals surface area contributed by atoms with E-state index in [-0.39, 0.29) is 4.91 Å². The summed E-state index contributed by atoms with van der Waals surface area (Å²) in [7, 11) is -2.42. The zero-order chi connectivity index (χ0) is 17.6. The molecule has 2 heterocycles. The number of anilines is 2. The van der Waals surface area contributed by atoms with Gasteiger partial charge in [-0.05, 0) is 43.7 Å². The molecule has 3 rings (SSSR count). The minimum atomic E-state index is -3.88. The van der Waals surface area contributed by atoms with E-state index in [1.165, 1.54) is 28.9 Å². The third-order valence-corrected chi connectivity index (χ3v) is 7.37. The molecule has 0 bridgehead atoms. The maximum atomic E-state index is 12.8. The minimum Gasteiger partial charge on any atom is -0.360 e. The maximum Gasteiger partial charge on any atom is 0.270 e. The summed E-state index contributed by atoms with van der Waals surface area (Å²) in [5.74, 6) is -0.480. The van der Waals surface area contributed by atoms with Crippen LogP contribution < -0.4 is 9.62 Å². The third-order valence-electron chi connectivity index (χ3n) is 3.96. The van der Waals surface area contributed by atoms with Gasteiger partial charge in [-0.3, -0.25) is 9.10 Å². The molecular weight excluding hydrogens is 368 g/mol. The van der Waals surface area contributed by atoms with Crippen LogP contribution in [0.25, 0.3) is 0 Å². The quantitative estimate of drug-likeness (QED) is 0.799. The van der Waals surface area contributed by atoms with Gasteiger partial charge in [-0.25, -0.2) is 8.42 Å². The van der Waals surface area contributed by atoms with Gasteiger partial charge in [0.2, 0.25) is 5.78 Å². The summed E-state index contributed by atoms with van der Waals surface area (Å²) < 4.78 is 26.5. The van der Waals surface area contributed by atoms with Crippen LogP contribution in [0.5, 0.6) is 0 Å². The number of thiophene rings is 1. The summed E-state index contributed by atoms with van der Waals surface area (Å²) in [6.07, 6.45) is 1.24. The Morgan fingerprint density at radius 1 is 1.21 bits per heavy atom. The first kappa shape index (κ1) is 17.0. The average molecular weight is 383 g/mol. The second-order valence-electron chi connectivity index (χ2n) is 5.42. The lowest BCUT2D eigenvalue weighted by molar-refractivity contribution is 0.104. The summed E-state index contributed by atoms with van der Waals surface area (Å²) in [4.78, 5) is 13.4. The summed E-state index contributed by atoms with van der Waals surface area (Å²) >= 11 is 7.14. The molecule has 0 atom stereocenters. The largest absolute Gasteiger partial charge is 0.360 e. The van der Waals surface area contributed by atoms with Gasteiger partial charge in [0.05, 0.1) is 5.56 Å². The highest BCUT2D eigenvalue weighted by molar-refractivity contribution is 7.98. The van der Waals surface area contributed by atoms with E-state index in [1.807, 2.05) is 13.8 Å². The lowest BCUT2D eigenvalue weighted by Gasteiger charge is -2.25. The summed E-state index contributed by atoms with van der Waals surface area (Å²) in [6.45, 7) is 3.71. The number of fused-ring (bicyclic) bond motifs is 1. The van der Waals surface area contributed by atoms with Gasteiger partial charge >= 0.3 is 0 Å². The number of ketones is 1. The van der Waals surface area contributed by atoms with E-state index in [1.54, 1.807) is 24.3 Å². The number of allylic oxidation sites excluding steroid dienone is 1. The van der Waals surface area contributed by atoms with Crippen molar-refractivity contribution in [3.05, 3.63) is 56.4 Å². The number of hydrogen-bond acceptors (Lipinski definition) is 5. The number of rotatable bonds is 2. The summed E-state index contributed by atoms with van der Waals surface area (Å²) in [6, 6.07) is 6.76. The van der Waals surface area contributed by atoms with Gasteiger partial charge in [0.15, 0.2) is 4.91 Å². The molecule has 126 valence electrons. The first-order valence-corrected chi connectivity index (χ1v) is 9.73. The molecule has 0 spiro atoms. The second-order valence-corrected chi connectivity index (χ2v) is 9.00. The molecule has 0 aliphatic carbocycles. The van der Waals surface area contributed by atoms with Crippen molar-refractivity contribution < 1.29 is 13.2 Å². The molecule has 0 fully saturated rings. The molecular formula is C16H15ClN2O3S2. The topological polar surface area (TPSA) is 66.5 Å². The lowest BCUT2D eigenvalue weighted by atomic mass is 10.1. The number of carbonyl (C=O) groups is 1. The fourth-order valence-corrected chi connectivity index (χ4v) is 5.13. The molecule has 1 aliphatic heterocycles. The molecule has 2 aromatic rings. The number of nitrogens with one attached hydrogen (secondary N) is 1. The van der Waals surface area contributed by atoms with Crippen molar-refractivity contribution in [2.75, 3.05) is 16.7 Å². The van der Waals surface area contributed by atoms with Crippen LogP contribution in [0.3, 0.4) is 0 Å². The highest BCUT2D eigenvalue weighted by Gasteiger charge is 2.40. The maximum absolute atomic E-state index is 12.8. The zero-order valence-corrected chi connectivity index (χ0v) is 15.6. The van der Waals surface area contributed by atoms with Crippen molar-refractivity contribution in [2.24, 2.45) is 0 Å². The standard InChI is InChI=1S/C16H15ClN2O3S2/c1-9-10(2)23-16-14(9)15(20)13(24(21,22)19(16)3)8-18-12-6-4-11(17)5-7-12/h4-8,18H,1-3H3. The lowest BCUT2D eigenvalue weighted by Crippen LogP contribution is -2.36. The predicted molar refractivity (Wildman–Crippen MR) is 98.6 cm³/mol. The predicted octanol–water partition coefficient (Wildman–Crippen LogP) is 3.93. The van der Waals surface area contributed by atoms with Crippen molar-refractivity contribution in [1.82, 2.24) is 0 Å². The smallest absolute Gasteiger partial charge is 0.270 e. The Labute approximate surface area is 149 Å². The summed E-state index contributed by atoms with van der Waals surface area (Å²) in [5, 5.41) is 3.90. The number of halogens is 1. The average Bonchev–Trinajstić information content (AvgIpc) is 2.83. The molecule has 1 aromatic carbocycles. The molecule has 0 saturated carbocycles. The molecule has 1 aliphatic rings. The van der Waals surface area contributed by atoms with Crippen LogP contribution in [0.2, 0.25) is 5.02 Å². The molecule has 0 saturated heterocycles. The SMILES string of the molecule is Cc1sc2c(c1C)C(=O)C(=CNc1ccc(Cl)cc1)S(=O)(=O)N2C. The van der Waals surface area contributed by atoms with Crippen LogP contribution >= 0.6 is 22.9 Å². The normalized spacial score (nSPS) is 17.9. The number of benzene rings is 1. The number of aryl methyl sites for hydroxylation is 1. The molecule has 0 radical (unpaired) electrons. The van der Waals surface area contributed by atoms with Crippen molar-refractivity contribution in [1.29, 1.82) is 0 Å². The van der Waals surface area contributed by atoms with E-state index >= 15 is 0 Å². The van der Waals surface area contributed by atoms with Crippen molar-refractivity contribution in [2.45, 2.75) is 13.8 Å². The fourth-order valence-electron chi connectivity index (χ4n) is 2.43. The summed E-state index contributed by atoms with van der Waals surface area (Å²) in [5.41, 5.74) is 1.92. The van der Waals surface area contributed by atoms with Gasteiger partial charge in [0.1, 0.15) is 5.00 Å². The fraction of sp³-hybridized carbons (Fsp3) is 0.188. The Morgan fingerprint density at radius 3 is 2.46 bits per heavy atom. The van der Waals surface area contributed by atoms with Crippen molar-refractivity contribution in [3.63, 3.8) is 0 Å². The molecule has 0 amide bonds. The Hall–Kier alpha value is -1.83. The molecule has 8 heteroatoms. The minimum absolute atomic E-state index is 0.270. The van der Waals surface area contributed by atoms with E-state index in [9.17, 15) is 13.2 Å². The number of nitrogens with zero attached hydrogens (tertiary/aromatic N) is 1. The van der Waals surface area contributed by atoms with Crippen LogP contribution in [0.1, 0.15) is 20.8 Å².